The van der Waals surface area contributed by atoms with Crippen LogP contribution in [0.2, 0.25) is 0 Å². The number of rotatable bonds is 8. The second kappa shape index (κ2) is 13.6. The Morgan fingerprint density at radius 2 is 1.73 bits per heavy atom. The van der Waals surface area contributed by atoms with Gasteiger partial charge in [-0.2, -0.15) is 0 Å². The molecule has 0 aliphatic rings. The van der Waals surface area contributed by atoms with Crippen molar-refractivity contribution >= 4 is 17.9 Å². The van der Waals surface area contributed by atoms with Crippen molar-refractivity contribution in [3.63, 3.8) is 0 Å². The predicted molar refractivity (Wildman–Crippen MR) is 80.0 cm³/mol. The molecule has 124 valence electrons. The zero-order valence-corrected chi connectivity index (χ0v) is 12.8. The van der Waals surface area contributed by atoms with Gasteiger partial charge in [0.25, 0.3) is 0 Å². The number of carbonyl (C=O) groups excluding carboxylic acids is 2. The zero-order chi connectivity index (χ0) is 17.5. The lowest BCUT2D eigenvalue weighted by molar-refractivity contribution is -0.140. The van der Waals surface area contributed by atoms with Crippen molar-refractivity contribution in [3.05, 3.63) is 36.5 Å². The van der Waals surface area contributed by atoms with Crippen LogP contribution in [-0.2, 0) is 23.9 Å². The maximum Gasteiger partial charge on any atom is 0.333 e. The minimum absolute atomic E-state index is 0.0828. The molecule has 0 saturated carbocycles. The Morgan fingerprint density at radius 3 is 2.09 bits per heavy atom. The van der Waals surface area contributed by atoms with Crippen molar-refractivity contribution in [3.8, 4) is 0 Å². The van der Waals surface area contributed by atoms with Crippen LogP contribution in [0.15, 0.2) is 36.5 Å². The number of hydrogen-bond donors (Lipinski definition) is 2. The molecular formula is C15H22O7. The Balaban J connectivity index is 0. The summed E-state index contributed by atoms with van der Waals surface area (Å²) in [5.74, 6) is -2.02. The van der Waals surface area contributed by atoms with Gasteiger partial charge in [0.2, 0.25) is 0 Å². The number of esters is 2. The molecule has 0 saturated heterocycles. The average molecular weight is 314 g/mol. The van der Waals surface area contributed by atoms with E-state index in [1.54, 1.807) is 13.8 Å². The molecule has 2 N–H and O–H groups in total. The molecule has 0 spiro atoms. The summed E-state index contributed by atoms with van der Waals surface area (Å²) in [4.78, 5) is 31.4. The first-order chi connectivity index (χ1) is 10.3. The number of carboxylic acid groups (broad SMARTS) is 1. The highest BCUT2D eigenvalue weighted by Gasteiger charge is 2.05. The number of allylic oxidation sites excluding steroid dienone is 1. The van der Waals surface area contributed by atoms with E-state index >= 15 is 0 Å². The van der Waals surface area contributed by atoms with Crippen LogP contribution in [0.25, 0.3) is 0 Å². The van der Waals surface area contributed by atoms with Crippen LogP contribution in [-0.4, -0.2) is 47.9 Å². The van der Waals surface area contributed by atoms with Gasteiger partial charge in [0.15, 0.2) is 0 Å². The van der Waals surface area contributed by atoms with Gasteiger partial charge in [-0.05, 0) is 20.3 Å². The van der Waals surface area contributed by atoms with Gasteiger partial charge in [-0.15, -0.1) is 0 Å². The number of carbonyl (C=O) groups is 3. The van der Waals surface area contributed by atoms with Crippen LogP contribution in [0.5, 0.6) is 0 Å². The van der Waals surface area contributed by atoms with Crippen LogP contribution in [0.3, 0.4) is 0 Å². The maximum atomic E-state index is 11.0. The van der Waals surface area contributed by atoms with Gasteiger partial charge in [0, 0.05) is 17.2 Å². The molecule has 0 bridgehead atoms. The van der Waals surface area contributed by atoms with Gasteiger partial charge in [0.1, 0.15) is 6.61 Å². The van der Waals surface area contributed by atoms with E-state index in [2.05, 4.69) is 22.6 Å². The molecule has 0 fully saturated rings. The third-order valence-electron chi connectivity index (χ3n) is 1.86. The highest BCUT2D eigenvalue weighted by molar-refractivity contribution is 5.88. The molecule has 0 atom stereocenters. The first-order valence-electron chi connectivity index (χ1n) is 6.44. The fraction of sp³-hybridized carbons (Fsp3) is 0.400. The maximum absolute atomic E-state index is 11.0. The third-order valence-corrected chi connectivity index (χ3v) is 1.86. The fourth-order valence-corrected chi connectivity index (χ4v) is 0.880. The van der Waals surface area contributed by atoms with Crippen LogP contribution in [0.1, 0.15) is 20.3 Å². The summed E-state index contributed by atoms with van der Waals surface area (Å²) in [7, 11) is 0. The molecule has 0 heterocycles. The van der Waals surface area contributed by atoms with Crippen molar-refractivity contribution in [1.82, 2.24) is 0 Å². The van der Waals surface area contributed by atoms with Crippen LogP contribution < -0.4 is 0 Å². The summed E-state index contributed by atoms with van der Waals surface area (Å²) in [6.07, 6.45) is 2.34. The van der Waals surface area contributed by atoms with Gasteiger partial charge in [-0.25, -0.2) is 14.4 Å². The van der Waals surface area contributed by atoms with Crippen molar-refractivity contribution in [2.45, 2.75) is 20.3 Å². The van der Waals surface area contributed by atoms with Gasteiger partial charge in [-0.1, -0.05) is 19.2 Å². The minimum atomic E-state index is -1.08. The average Bonchev–Trinajstić information content (AvgIpc) is 2.45. The van der Waals surface area contributed by atoms with Crippen molar-refractivity contribution in [2.75, 3.05) is 19.8 Å². The summed E-state index contributed by atoms with van der Waals surface area (Å²) in [5, 5.41) is 16.6. The summed E-state index contributed by atoms with van der Waals surface area (Å²) in [5.41, 5.74) is 0.600. The van der Waals surface area contributed by atoms with Crippen LogP contribution >= 0.6 is 0 Å². The van der Waals surface area contributed by atoms with Crippen LogP contribution in [0.4, 0.5) is 0 Å². The minimum Gasteiger partial charge on any atom is -0.478 e. The Labute approximate surface area is 129 Å². The Morgan fingerprint density at radius 1 is 1.14 bits per heavy atom. The molecule has 7 nitrogen and oxygen atoms in total. The van der Waals surface area contributed by atoms with Gasteiger partial charge >= 0.3 is 17.9 Å². The molecular weight excluding hydrogens is 292 g/mol. The molecule has 0 aromatic rings. The monoisotopic (exact) mass is 314 g/mol. The number of aliphatic hydroxyl groups excluding tert-OH is 1. The molecule has 0 aromatic carbocycles. The van der Waals surface area contributed by atoms with E-state index < -0.39 is 11.9 Å². The first-order valence-corrected chi connectivity index (χ1v) is 6.44. The number of aliphatic carboxylic acids is 1. The molecule has 0 rings (SSSR count). The molecule has 0 unspecified atom stereocenters. The predicted octanol–water partition coefficient (Wildman–Crippen LogP) is 1.23. The van der Waals surface area contributed by atoms with Crippen LogP contribution in [0, 0.1) is 0 Å². The van der Waals surface area contributed by atoms with Crippen molar-refractivity contribution < 1.29 is 34.1 Å². The SMILES string of the molecule is C=C(C)C(=O)OCC.C=C(CC=CC(=O)O)C(=O)OCCO. The van der Waals surface area contributed by atoms with E-state index in [4.69, 9.17) is 10.2 Å². The number of aliphatic hydroxyl groups is 1. The van der Waals surface area contributed by atoms with E-state index in [1.165, 1.54) is 6.08 Å². The highest BCUT2D eigenvalue weighted by atomic mass is 16.5. The van der Waals surface area contributed by atoms with E-state index in [1.807, 2.05) is 0 Å². The standard InChI is InChI=1S/C9H12O5.C6H10O2/c1-7(3-2-4-8(11)12)9(13)14-6-5-10;1-4-8-6(7)5(2)3/h2,4,10H,1,3,5-6H2,(H,11,12);2,4H2,1,3H3. The lowest BCUT2D eigenvalue weighted by atomic mass is 10.2. The second-order valence-electron chi connectivity index (χ2n) is 3.91. The summed E-state index contributed by atoms with van der Waals surface area (Å²) < 4.78 is 9.11. The number of ether oxygens (including phenoxy) is 2. The normalized spacial score (nSPS) is 9.41. The lowest BCUT2D eigenvalue weighted by Gasteiger charge is -2.02. The van der Waals surface area contributed by atoms with Gasteiger partial charge in [-0.3, -0.25) is 0 Å². The Bertz CT molecular complexity index is 435. The zero-order valence-electron chi connectivity index (χ0n) is 12.8. The Kier molecular flexibility index (Phi) is 13.5. The molecule has 0 aliphatic carbocycles. The van der Waals surface area contributed by atoms with Crippen molar-refractivity contribution in [2.24, 2.45) is 0 Å². The fourth-order valence-electron chi connectivity index (χ4n) is 0.880. The van der Waals surface area contributed by atoms with E-state index in [0.29, 0.717) is 12.2 Å². The molecule has 0 amide bonds. The van der Waals surface area contributed by atoms with E-state index in [0.717, 1.165) is 6.08 Å². The lowest BCUT2D eigenvalue weighted by Crippen LogP contribution is -2.09. The number of carboxylic acids is 1. The van der Waals surface area contributed by atoms with Gasteiger partial charge in [0.05, 0.1) is 13.2 Å². The highest BCUT2D eigenvalue weighted by Crippen LogP contribution is 2.01. The number of hydrogen-bond acceptors (Lipinski definition) is 6. The quantitative estimate of drug-likeness (QED) is 0.512. The summed E-state index contributed by atoms with van der Waals surface area (Å²) >= 11 is 0. The smallest absolute Gasteiger partial charge is 0.333 e. The molecule has 0 aromatic heterocycles. The van der Waals surface area contributed by atoms with Gasteiger partial charge < -0.3 is 19.7 Å². The third kappa shape index (κ3) is 14.0. The Hall–Kier alpha value is -2.41. The second-order valence-corrected chi connectivity index (χ2v) is 3.91. The molecule has 22 heavy (non-hydrogen) atoms. The molecule has 0 aliphatic heterocycles. The summed E-state index contributed by atoms with van der Waals surface area (Å²) in [6, 6.07) is 0. The molecule has 7 heteroatoms. The largest absolute Gasteiger partial charge is 0.478 e. The van der Waals surface area contributed by atoms with Crippen molar-refractivity contribution in [1.29, 1.82) is 0 Å². The van der Waals surface area contributed by atoms with E-state index in [-0.39, 0.29) is 31.2 Å². The molecule has 0 radical (unpaired) electrons. The van der Waals surface area contributed by atoms with E-state index in [9.17, 15) is 14.4 Å². The first kappa shape index (κ1) is 21.9. The topological polar surface area (TPSA) is 110 Å². The summed E-state index contributed by atoms with van der Waals surface area (Å²) in [6.45, 7) is 10.3.